The van der Waals surface area contributed by atoms with E-state index in [1.165, 1.54) is 24.4 Å². The highest BCUT2D eigenvalue weighted by Crippen LogP contribution is 2.47. The largest absolute Gasteiger partial charge is 0.407 e. The molecule has 1 unspecified atom stereocenters. The van der Waals surface area contributed by atoms with E-state index in [0.717, 1.165) is 40.6 Å². The molecule has 2 aromatic heterocycles. The van der Waals surface area contributed by atoms with Gasteiger partial charge >= 0.3 is 12.1 Å². The Balaban J connectivity index is 1.14. The Kier molecular flexibility index (Phi) is 9.02. The zero-order valence-corrected chi connectivity index (χ0v) is 25.6. The van der Waals surface area contributed by atoms with Crippen LogP contribution in [-0.2, 0) is 18.1 Å². The summed E-state index contributed by atoms with van der Waals surface area (Å²) < 4.78 is 100. The third-order valence-electron chi connectivity index (χ3n) is 8.58. The van der Waals surface area contributed by atoms with Gasteiger partial charge in [0.1, 0.15) is 29.7 Å². The van der Waals surface area contributed by atoms with E-state index in [1.54, 1.807) is 24.3 Å². The first kappa shape index (κ1) is 33.8. The van der Waals surface area contributed by atoms with Crippen molar-refractivity contribution in [1.82, 2.24) is 25.2 Å². The van der Waals surface area contributed by atoms with E-state index in [-0.39, 0.29) is 5.56 Å². The van der Waals surface area contributed by atoms with Gasteiger partial charge in [-0.25, -0.2) is 13.5 Å². The van der Waals surface area contributed by atoms with Crippen LogP contribution in [-0.4, -0.2) is 62.7 Å². The topological polar surface area (TPSA) is 109 Å². The van der Waals surface area contributed by atoms with Crippen molar-refractivity contribution in [2.45, 2.75) is 30.3 Å². The number of nitrogens with two attached hydrogens (primary N) is 1. The fraction of sp³-hybridized carbons (Fsp3) is 0.273. The second kappa shape index (κ2) is 13.1. The number of alkyl halides is 5. The van der Waals surface area contributed by atoms with Crippen LogP contribution < -0.4 is 15.5 Å². The number of aliphatic hydroxyl groups is 1. The van der Waals surface area contributed by atoms with E-state index in [9.17, 15) is 27.1 Å². The Bertz CT molecular complexity index is 1860. The summed E-state index contributed by atoms with van der Waals surface area (Å²) in [6.07, 6.45) is -2.33. The molecule has 6 rings (SSSR count). The minimum absolute atomic E-state index is 0.00338. The van der Waals surface area contributed by atoms with E-state index < -0.39 is 53.2 Å². The number of benzene rings is 3. The van der Waals surface area contributed by atoms with Crippen molar-refractivity contribution in [3.05, 3.63) is 120 Å². The quantitative estimate of drug-likeness (QED) is 0.194. The zero-order valence-electron chi connectivity index (χ0n) is 25.6. The Morgan fingerprint density at radius 2 is 1.37 bits per heavy atom. The van der Waals surface area contributed by atoms with Gasteiger partial charge in [-0.2, -0.15) is 22.0 Å². The van der Waals surface area contributed by atoms with Crippen molar-refractivity contribution in [2.24, 2.45) is 5.73 Å². The molecule has 1 aliphatic heterocycles. The summed E-state index contributed by atoms with van der Waals surface area (Å²) in [6.45, 7) is 1.60. The Morgan fingerprint density at radius 3 is 1.88 bits per heavy atom. The van der Waals surface area contributed by atoms with Crippen LogP contribution in [0.15, 0.2) is 91.4 Å². The molecule has 9 nitrogen and oxygen atoms in total. The standard InChI is InChI=1S/C33H29F7N8O/c34-24-6-11-27(28(35)17-24)31(49,19-48-20-43-44-45-48)32(36,37)29-12-5-23(18-42-29)21-1-7-25(8-2-21)46-13-15-47(16-14-46)26-9-3-22(4-10-26)30(41)33(38,39)40/h1-12,17-18,20,30,49H,13-16,19,41H2/t30?,31-/m0/s1. The molecule has 5 aromatic rings. The van der Waals surface area contributed by atoms with Gasteiger partial charge in [-0.15, -0.1) is 5.10 Å². The molecule has 1 fully saturated rings. The highest BCUT2D eigenvalue weighted by atomic mass is 19.4. The normalized spacial score (nSPS) is 16.0. The van der Waals surface area contributed by atoms with Crippen LogP contribution in [0.3, 0.4) is 0 Å². The maximum atomic E-state index is 16.1. The van der Waals surface area contributed by atoms with Gasteiger partial charge in [0.05, 0.1) is 6.54 Å². The van der Waals surface area contributed by atoms with Gasteiger partial charge in [0.2, 0.25) is 0 Å². The maximum absolute atomic E-state index is 16.1. The SMILES string of the molecule is NC(c1ccc(N2CCN(c3ccc(-c4ccc(C(F)(F)[C@](O)(Cn5cnnn5)c5ccc(F)cc5F)nc4)cc3)CC2)cc1)C(F)(F)F. The average Bonchev–Trinajstić information content (AvgIpc) is 3.60. The average molecular weight is 687 g/mol. The van der Waals surface area contributed by atoms with E-state index >= 15 is 8.78 Å². The molecule has 16 heteroatoms. The number of halogens is 7. The molecule has 1 saturated heterocycles. The molecule has 3 aromatic carbocycles. The van der Waals surface area contributed by atoms with Crippen LogP contribution in [0.1, 0.15) is 22.9 Å². The molecule has 256 valence electrons. The minimum atomic E-state index is -4.52. The number of piperazine rings is 1. The molecule has 0 radical (unpaired) electrons. The Morgan fingerprint density at radius 1 is 0.776 bits per heavy atom. The highest BCUT2D eigenvalue weighted by Gasteiger charge is 2.58. The lowest BCUT2D eigenvalue weighted by Gasteiger charge is -2.37. The molecule has 0 saturated carbocycles. The van der Waals surface area contributed by atoms with E-state index in [2.05, 4.69) is 30.3 Å². The van der Waals surface area contributed by atoms with Crippen LogP contribution in [0.5, 0.6) is 0 Å². The Labute approximate surface area is 275 Å². The third kappa shape index (κ3) is 6.78. The molecule has 1 aliphatic rings. The fourth-order valence-corrected chi connectivity index (χ4v) is 5.80. The molecule has 0 bridgehead atoms. The number of tetrazole rings is 1. The number of anilines is 2. The maximum Gasteiger partial charge on any atom is 0.407 e. The monoisotopic (exact) mass is 686 g/mol. The van der Waals surface area contributed by atoms with Crippen LogP contribution in [0, 0.1) is 11.6 Å². The van der Waals surface area contributed by atoms with Gasteiger partial charge in [-0.05, 0) is 64.0 Å². The van der Waals surface area contributed by atoms with Gasteiger partial charge in [0.15, 0.2) is 5.60 Å². The summed E-state index contributed by atoms with van der Waals surface area (Å²) in [5.41, 5.74) is 3.23. The molecule has 3 heterocycles. The molecule has 0 aliphatic carbocycles. The van der Waals surface area contributed by atoms with Crippen LogP contribution in [0.2, 0.25) is 0 Å². The zero-order chi connectivity index (χ0) is 35.0. The summed E-state index contributed by atoms with van der Waals surface area (Å²) in [7, 11) is 0. The van der Waals surface area contributed by atoms with Crippen molar-refractivity contribution < 1.29 is 35.8 Å². The van der Waals surface area contributed by atoms with Crippen molar-refractivity contribution in [2.75, 3.05) is 36.0 Å². The van der Waals surface area contributed by atoms with Crippen LogP contribution in [0.4, 0.5) is 42.1 Å². The number of aromatic nitrogens is 5. The Hall–Kier alpha value is -5.09. The molecular formula is C33H29F7N8O. The number of nitrogens with zero attached hydrogens (tertiary/aromatic N) is 7. The smallest absolute Gasteiger partial charge is 0.377 e. The molecule has 2 atom stereocenters. The van der Waals surface area contributed by atoms with Crippen molar-refractivity contribution in [3.8, 4) is 11.1 Å². The lowest BCUT2D eigenvalue weighted by atomic mass is 9.84. The fourth-order valence-electron chi connectivity index (χ4n) is 5.80. The lowest BCUT2D eigenvalue weighted by molar-refractivity contribution is -0.207. The molecular weight excluding hydrogens is 657 g/mol. The number of pyridine rings is 1. The highest BCUT2D eigenvalue weighted by molar-refractivity contribution is 5.66. The van der Waals surface area contributed by atoms with Gasteiger partial charge in [-0.1, -0.05) is 30.3 Å². The van der Waals surface area contributed by atoms with E-state index in [0.29, 0.717) is 43.4 Å². The number of hydrogen-bond donors (Lipinski definition) is 2. The van der Waals surface area contributed by atoms with Crippen molar-refractivity contribution in [3.63, 3.8) is 0 Å². The summed E-state index contributed by atoms with van der Waals surface area (Å²) in [6, 6.07) is 15.7. The molecule has 49 heavy (non-hydrogen) atoms. The predicted molar refractivity (Wildman–Crippen MR) is 165 cm³/mol. The number of hydrogen-bond acceptors (Lipinski definition) is 8. The van der Waals surface area contributed by atoms with E-state index in [4.69, 9.17) is 5.73 Å². The second-order valence-electron chi connectivity index (χ2n) is 11.6. The first-order valence-electron chi connectivity index (χ1n) is 15.0. The van der Waals surface area contributed by atoms with Crippen LogP contribution >= 0.6 is 0 Å². The molecule has 3 N–H and O–H groups in total. The summed E-state index contributed by atoms with van der Waals surface area (Å²) in [5, 5.41) is 21.6. The van der Waals surface area contributed by atoms with Gasteiger partial charge in [0, 0.05) is 60.9 Å². The van der Waals surface area contributed by atoms with Crippen molar-refractivity contribution >= 4 is 11.4 Å². The lowest BCUT2D eigenvalue weighted by Crippen LogP contribution is -2.48. The number of rotatable bonds is 9. The first-order chi connectivity index (χ1) is 23.3. The van der Waals surface area contributed by atoms with E-state index in [1.807, 2.05) is 12.1 Å². The molecule has 0 spiro atoms. The summed E-state index contributed by atoms with van der Waals surface area (Å²) in [4.78, 5) is 8.15. The van der Waals surface area contributed by atoms with Gasteiger partial charge < -0.3 is 20.6 Å². The van der Waals surface area contributed by atoms with Gasteiger partial charge in [-0.3, -0.25) is 4.98 Å². The summed E-state index contributed by atoms with van der Waals surface area (Å²) in [5.74, 6) is -6.57. The summed E-state index contributed by atoms with van der Waals surface area (Å²) >= 11 is 0. The second-order valence-corrected chi connectivity index (χ2v) is 11.6. The van der Waals surface area contributed by atoms with Gasteiger partial charge in [0.25, 0.3) is 0 Å². The van der Waals surface area contributed by atoms with Crippen LogP contribution in [0.25, 0.3) is 11.1 Å². The first-order valence-corrected chi connectivity index (χ1v) is 15.0. The minimum Gasteiger partial charge on any atom is -0.377 e. The molecule has 0 amide bonds. The third-order valence-corrected chi connectivity index (χ3v) is 8.58. The van der Waals surface area contributed by atoms with Crippen molar-refractivity contribution in [1.29, 1.82) is 0 Å². The predicted octanol–water partition coefficient (Wildman–Crippen LogP) is 5.58.